The summed E-state index contributed by atoms with van der Waals surface area (Å²) in [5.41, 5.74) is 9.36. The number of carbonyl (C=O) groups excluding carboxylic acids is 1. The van der Waals surface area contributed by atoms with Crippen molar-refractivity contribution < 1.29 is 9.53 Å². The van der Waals surface area contributed by atoms with E-state index in [1.807, 2.05) is 0 Å². The summed E-state index contributed by atoms with van der Waals surface area (Å²) >= 11 is 0. The van der Waals surface area contributed by atoms with E-state index in [9.17, 15) is 4.79 Å². The van der Waals surface area contributed by atoms with Crippen molar-refractivity contribution in [1.82, 2.24) is 0 Å². The van der Waals surface area contributed by atoms with Gasteiger partial charge in [0.15, 0.2) is 0 Å². The number of unbranched alkanes of at least 4 members (excludes halogenated alkanes) is 12. The molecule has 2 aliphatic carbocycles. The average molecular weight is 791 g/mol. The Balaban J connectivity index is 1.75. The van der Waals surface area contributed by atoms with Gasteiger partial charge < -0.3 is 4.74 Å². The van der Waals surface area contributed by atoms with Gasteiger partial charge in [0.05, 0.1) is 0 Å². The molecule has 322 valence electrons. The van der Waals surface area contributed by atoms with Gasteiger partial charge in [0.2, 0.25) is 0 Å². The fourth-order valence-electron chi connectivity index (χ4n) is 8.55. The predicted molar refractivity (Wildman–Crippen MR) is 257 cm³/mol. The standard InChI is InChI=1S/C56H86O2/c1-12-13-14-15-16-17-18-19-20-21-22-23-24-37-54(57)58-51-43-50(7)53(56(10,11)44-51)41-39-48(5)35-28-33-46(3)31-26-25-30-45(2)32-27-34-47(4)38-40-52-49(6)36-29-42-55(52,8)9/h25-28,30-36,38-41,51-52H,12-24,29,37,42-44H2,1-11H3/b26-25+,32-27+,33-28+,40-38+,41-39+,45-30+,46-31+,47-34+,48-35+/t51-,52+/m1/s1. The molecule has 0 heterocycles. The molecule has 0 aromatic rings. The van der Waals surface area contributed by atoms with Gasteiger partial charge in [0.1, 0.15) is 6.10 Å². The molecule has 0 aromatic carbocycles. The van der Waals surface area contributed by atoms with Gasteiger partial charge in [-0.05, 0) is 83.6 Å². The van der Waals surface area contributed by atoms with Crippen molar-refractivity contribution in [2.75, 3.05) is 0 Å². The molecule has 0 fully saturated rings. The first-order valence-corrected chi connectivity index (χ1v) is 23.3. The molecule has 0 N–H and O–H groups in total. The van der Waals surface area contributed by atoms with Crippen molar-refractivity contribution in [2.45, 2.75) is 198 Å². The van der Waals surface area contributed by atoms with Crippen LogP contribution < -0.4 is 0 Å². The smallest absolute Gasteiger partial charge is 0.306 e. The summed E-state index contributed by atoms with van der Waals surface area (Å²) in [6.07, 6.45) is 54.7. The van der Waals surface area contributed by atoms with Crippen LogP contribution in [0.25, 0.3) is 0 Å². The van der Waals surface area contributed by atoms with Gasteiger partial charge in [0.25, 0.3) is 0 Å². The van der Waals surface area contributed by atoms with E-state index in [0.29, 0.717) is 17.8 Å². The van der Waals surface area contributed by atoms with Crippen LogP contribution in [0.3, 0.4) is 0 Å². The second-order valence-corrected chi connectivity index (χ2v) is 19.0. The van der Waals surface area contributed by atoms with Crippen LogP contribution in [0.1, 0.15) is 192 Å². The summed E-state index contributed by atoms with van der Waals surface area (Å²) < 4.78 is 6.02. The van der Waals surface area contributed by atoms with Gasteiger partial charge in [-0.2, -0.15) is 0 Å². The van der Waals surface area contributed by atoms with Gasteiger partial charge >= 0.3 is 5.97 Å². The van der Waals surface area contributed by atoms with Gasteiger partial charge in [-0.15, -0.1) is 0 Å². The molecule has 0 spiro atoms. The summed E-state index contributed by atoms with van der Waals surface area (Å²) in [6, 6.07) is 0. The lowest BCUT2D eigenvalue weighted by Gasteiger charge is -2.37. The third-order valence-electron chi connectivity index (χ3n) is 12.2. The number of allylic oxidation sites excluding steroid dienone is 21. The minimum absolute atomic E-state index is 0.0194. The Morgan fingerprint density at radius 2 is 1.16 bits per heavy atom. The summed E-state index contributed by atoms with van der Waals surface area (Å²) in [6.45, 7) is 24.7. The zero-order chi connectivity index (χ0) is 42.8. The third kappa shape index (κ3) is 21.6. The maximum atomic E-state index is 12.7. The van der Waals surface area contributed by atoms with Gasteiger partial charge in [-0.1, -0.05) is 236 Å². The molecule has 0 saturated heterocycles. The van der Waals surface area contributed by atoms with E-state index in [-0.39, 0.29) is 17.5 Å². The normalized spacial score (nSPS) is 21.1. The zero-order valence-corrected chi connectivity index (χ0v) is 39.4. The van der Waals surface area contributed by atoms with Gasteiger partial charge in [0, 0.05) is 18.8 Å². The quantitative estimate of drug-likeness (QED) is 0.0398. The Morgan fingerprint density at radius 1 is 0.672 bits per heavy atom. The Kier molecular flexibility index (Phi) is 24.6. The maximum absolute atomic E-state index is 12.7. The highest BCUT2D eigenvalue weighted by atomic mass is 16.5. The van der Waals surface area contributed by atoms with E-state index >= 15 is 0 Å². The van der Waals surface area contributed by atoms with E-state index in [0.717, 1.165) is 25.7 Å². The molecule has 2 heteroatoms. The van der Waals surface area contributed by atoms with Crippen LogP contribution in [-0.2, 0) is 9.53 Å². The molecule has 2 nitrogen and oxygen atoms in total. The van der Waals surface area contributed by atoms with Crippen LogP contribution in [0.5, 0.6) is 0 Å². The highest BCUT2D eigenvalue weighted by Gasteiger charge is 2.34. The number of ether oxygens (including phenoxy) is 1. The number of carbonyl (C=O) groups is 1. The van der Waals surface area contributed by atoms with E-state index in [1.54, 1.807) is 0 Å². The fraction of sp³-hybridized carbons (Fsp3) is 0.589. The fourth-order valence-corrected chi connectivity index (χ4v) is 8.55. The van der Waals surface area contributed by atoms with Gasteiger partial charge in [-0.3, -0.25) is 4.79 Å². The molecule has 2 atom stereocenters. The van der Waals surface area contributed by atoms with Crippen LogP contribution in [0.4, 0.5) is 0 Å². The maximum Gasteiger partial charge on any atom is 0.306 e. The second kappa shape index (κ2) is 28.1. The summed E-state index contributed by atoms with van der Waals surface area (Å²) in [5, 5.41) is 0. The molecular weight excluding hydrogens is 705 g/mol. The van der Waals surface area contributed by atoms with Crippen LogP contribution in [-0.4, -0.2) is 12.1 Å². The number of hydrogen-bond donors (Lipinski definition) is 0. The van der Waals surface area contributed by atoms with E-state index < -0.39 is 0 Å². The molecule has 0 saturated carbocycles. The molecule has 0 aliphatic heterocycles. The Morgan fingerprint density at radius 3 is 1.67 bits per heavy atom. The minimum atomic E-state index is -0.0419. The number of esters is 1. The lowest BCUT2D eigenvalue weighted by molar-refractivity contribution is -0.150. The Hall–Kier alpha value is -3.39. The Bertz CT molecular complexity index is 1580. The van der Waals surface area contributed by atoms with Crippen molar-refractivity contribution in [1.29, 1.82) is 0 Å². The van der Waals surface area contributed by atoms with E-state index in [4.69, 9.17) is 4.74 Å². The third-order valence-corrected chi connectivity index (χ3v) is 12.2. The highest BCUT2D eigenvalue weighted by Crippen LogP contribution is 2.43. The summed E-state index contributed by atoms with van der Waals surface area (Å²) in [4.78, 5) is 12.7. The van der Waals surface area contributed by atoms with Gasteiger partial charge in [-0.25, -0.2) is 0 Å². The van der Waals surface area contributed by atoms with Crippen LogP contribution in [0, 0.1) is 16.7 Å². The molecular formula is C56H86O2. The van der Waals surface area contributed by atoms with E-state index in [1.165, 1.54) is 122 Å². The monoisotopic (exact) mass is 791 g/mol. The van der Waals surface area contributed by atoms with Crippen molar-refractivity contribution in [3.63, 3.8) is 0 Å². The molecule has 0 amide bonds. The largest absolute Gasteiger partial charge is 0.462 e. The van der Waals surface area contributed by atoms with Crippen LogP contribution in [0.15, 0.2) is 130 Å². The topological polar surface area (TPSA) is 26.3 Å². The first-order chi connectivity index (χ1) is 27.6. The summed E-state index contributed by atoms with van der Waals surface area (Å²) in [5.74, 6) is 0.498. The molecule has 0 unspecified atom stereocenters. The van der Waals surface area contributed by atoms with Crippen molar-refractivity contribution in [3.05, 3.63) is 130 Å². The molecule has 0 bridgehead atoms. The van der Waals surface area contributed by atoms with Crippen LogP contribution in [0.2, 0.25) is 0 Å². The predicted octanol–water partition coefficient (Wildman–Crippen LogP) is 17.5. The second-order valence-electron chi connectivity index (χ2n) is 19.0. The molecule has 0 aromatic heterocycles. The Labute approximate surface area is 358 Å². The highest BCUT2D eigenvalue weighted by molar-refractivity contribution is 5.69. The molecule has 58 heavy (non-hydrogen) atoms. The lowest BCUT2D eigenvalue weighted by atomic mass is 9.68. The summed E-state index contributed by atoms with van der Waals surface area (Å²) in [7, 11) is 0. The van der Waals surface area contributed by atoms with E-state index in [2.05, 4.69) is 167 Å². The average Bonchev–Trinajstić information content (AvgIpc) is 3.14. The van der Waals surface area contributed by atoms with Crippen molar-refractivity contribution >= 4 is 5.97 Å². The van der Waals surface area contributed by atoms with Crippen LogP contribution >= 0.6 is 0 Å². The SMILES string of the molecule is CCCCCCCCCCCCCCCC(=O)O[C@@H]1CC(C)=C(/C=C/C(C)=C/C=C/C(C)=C/C=C/C=C(C)/C=C/C=C(C)/C=C/[C@H]2C(C)=CCCC2(C)C)C(C)(C)C1. The molecule has 2 rings (SSSR count). The van der Waals surface area contributed by atoms with Crippen molar-refractivity contribution in [3.8, 4) is 0 Å². The first kappa shape index (κ1) is 50.8. The number of rotatable bonds is 25. The first-order valence-electron chi connectivity index (χ1n) is 23.3. The molecule has 2 aliphatic rings. The number of hydrogen-bond acceptors (Lipinski definition) is 2. The minimum Gasteiger partial charge on any atom is -0.462 e. The van der Waals surface area contributed by atoms with Crippen molar-refractivity contribution in [2.24, 2.45) is 16.7 Å². The lowest BCUT2D eigenvalue weighted by Crippen LogP contribution is -2.31. The molecule has 0 radical (unpaired) electrons. The zero-order valence-electron chi connectivity index (χ0n) is 39.4.